The van der Waals surface area contributed by atoms with Crippen LogP contribution in [0, 0.1) is 5.92 Å². The Morgan fingerprint density at radius 3 is 2.85 bits per heavy atom. The molecule has 0 aromatic heterocycles. The van der Waals surface area contributed by atoms with Gasteiger partial charge >= 0.3 is 11.8 Å². The van der Waals surface area contributed by atoms with Crippen LogP contribution in [-0.2, 0) is 9.59 Å². The minimum absolute atomic E-state index is 0.349. The van der Waals surface area contributed by atoms with E-state index in [0.717, 1.165) is 12.8 Å². The van der Waals surface area contributed by atoms with Crippen LogP contribution in [0.3, 0.4) is 0 Å². The summed E-state index contributed by atoms with van der Waals surface area (Å²) in [5.74, 6) is -0.698. The molecular weight excluding hydrogens is 278 g/mol. The highest BCUT2D eigenvalue weighted by atomic mass is 35.5. The van der Waals surface area contributed by atoms with Crippen molar-refractivity contribution in [1.29, 1.82) is 0 Å². The van der Waals surface area contributed by atoms with Gasteiger partial charge in [-0.25, -0.2) is 0 Å². The molecule has 2 amide bonds. The van der Waals surface area contributed by atoms with Crippen LogP contribution in [0.5, 0.6) is 0 Å². The monoisotopic (exact) mass is 295 g/mol. The third kappa shape index (κ3) is 3.42. The van der Waals surface area contributed by atoms with Gasteiger partial charge in [-0.1, -0.05) is 18.5 Å². The molecule has 108 valence electrons. The lowest BCUT2D eigenvalue weighted by Crippen LogP contribution is -2.44. The highest BCUT2D eigenvalue weighted by Gasteiger charge is 2.26. The third-order valence-electron chi connectivity index (χ3n) is 3.40. The number of hydrogen-bond acceptors (Lipinski definition) is 3. The van der Waals surface area contributed by atoms with E-state index < -0.39 is 11.8 Å². The molecule has 1 saturated heterocycles. The first-order chi connectivity index (χ1) is 9.47. The van der Waals surface area contributed by atoms with Gasteiger partial charge in [0.1, 0.15) is 0 Å². The SMILES string of the molecule is CC1CCCN(C(=O)C(=O)Nc2ccc(N)c(Cl)c2)C1. The molecule has 0 aliphatic carbocycles. The van der Waals surface area contributed by atoms with Crippen molar-refractivity contribution in [3.8, 4) is 0 Å². The molecule has 1 heterocycles. The summed E-state index contributed by atoms with van der Waals surface area (Å²) in [6.07, 6.45) is 2.03. The van der Waals surface area contributed by atoms with E-state index >= 15 is 0 Å². The van der Waals surface area contributed by atoms with Crippen molar-refractivity contribution in [2.75, 3.05) is 24.1 Å². The van der Waals surface area contributed by atoms with E-state index in [4.69, 9.17) is 17.3 Å². The van der Waals surface area contributed by atoms with E-state index in [1.165, 1.54) is 6.07 Å². The van der Waals surface area contributed by atoms with E-state index in [2.05, 4.69) is 12.2 Å². The fraction of sp³-hybridized carbons (Fsp3) is 0.429. The molecule has 0 spiro atoms. The zero-order valence-corrected chi connectivity index (χ0v) is 12.1. The van der Waals surface area contributed by atoms with E-state index in [1.807, 2.05) is 0 Å². The molecule has 0 bridgehead atoms. The van der Waals surface area contributed by atoms with Crippen molar-refractivity contribution in [1.82, 2.24) is 4.90 Å². The Hall–Kier alpha value is -1.75. The van der Waals surface area contributed by atoms with E-state index in [9.17, 15) is 9.59 Å². The summed E-state index contributed by atoms with van der Waals surface area (Å²) in [7, 11) is 0. The van der Waals surface area contributed by atoms with Crippen LogP contribution in [-0.4, -0.2) is 29.8 Å². The van der Waals surface area contributed by atoms with Crippen LogP contribution < -0.4 is 11.1 Å². The zero-order chi connectivity index (χ0) is 14.7. The van der Waals surface area contributed by atoms with Gasteiger partial charge in [0.05, 0.1) is 10.7 Å². The lowest BCUT2D eigenvalue weighted by atomic mass is 10.0. The zero-order valence-electron chi connectivity index (χ0n) is 11.4. The van der Waals surface area contributed by atoms with E-state index in [-0.39, 0.29) is 0 Å². The average Bonchev–Trinajstić information content (AvgIpc) is 2.42. The number of hydrogen-bond donors (Lipinski definition) is 2. The lowest BCUT2D eigenvalue weighted by Gasteiger charge is -2.30. The van der Waals surface area contributed by atoms with Crippen LogP contribution >= 0.6 is 11.6 Å². The highest BCUT2D eigenvalue weighted by Crippen LogP contribution is 2.22. The van der Waals surface area contributed by atoms with Gasteiger partial charge in [0, 0.05) is 18.8 Å². The summed E-state index contributed by atoms with van der Waals surface area (Å²) in [6, 6.07) is 4.73. The van der Waals surface area contributed by atoms with Gasteiger partial charge in [-0.2, -0.15) is 0 Å². The molecule has 5 nitrogen and oxygen atoms in total. The molecule has 1 aromatic carbocycles. The second-order valence-corrected chi connectivity index (χ2v) is 5.60. The maximum atomic E-state index is 12.1. The van der Waals surface area contributed by atoms with Crippen LogP contribution in [0.25, 0.3) is 0 Å². The number of piperidine rings is 1. The summed E-state index contributed by atoms with van der Waals surface area (Å²) in [6.45, 7) is 3.35. The maximum Gasteiger partial charge on any atom is 0.313 e. The number of halogens is 1. The first-order valence-electron chi connectivity index (χ1n) is 6.62. The Bertz CT molecular complexity index is 533. The molecule has 1 aromatic rings. The van der Waals surface area contributed by atoms with E-state index in [0.29, 0.717) is 35.4 Å². The second kappa shape index (κ2) is 6.13. The first-order valence-corrected chi connectivity index (χ1v) is 7.00. The number of benzene rings is 1. The average molecular weight is 296 g/mol. The topological polar surface area (TPSA) is 75.4 Å². The largest absolute Gasteiger partial charge is 0.398 e. The Labute approximate surface area is 123 Å². The van der Waals surface area contributed by atoms with Crippen LogP contribution in [0.1, 0.15) is 19.8 Å². The normalized spacial score (nSPS) is 18.7. The van der Waals surface area contributed by atoms with Gasteiger partial charge in [-0.15, -0.1) is 0 Å². The number of anilines is 2. The molecular formula is C14H18ClN3O2. The fourth-order valence-electron chi connectivity index (χ4n) is 2.31. The minimum Gasteiger partial charge on any atom is -0.398 e. The molecule has 1 unspecified atom stereocenters. The van der Waals surface area contributed by atoms with Gasteiger partial charge in [-0.3, -0.25) is 9.59 Å². The molecule has 0 saturated carbocycles. The van der Waals surface area contributed by atoms with Crippen LogP contribution in [0.4, 0.5) is 11.4 Å². The molecule has 1 fully saturated rings. The molecule has 6 heteroatoms. The Balaban J connectivity index is 2.00. The van der Waals surface area contributed by atoms with E-state index in [1.54, 1.807) is 17.0 Å². The molecule has 3 N–H and O–H groups in total. The third-order valence-corrected chi connectivity index (χ3v) is 3.72. The van der Waals surface area contributed by atoms with Crippen molar-refractivity contribution in [3.05, 3.63) is 23.2 Å². The number of nitrogens with two attached hydrogens (primary N) is 1. The number of likely N-dealkylation sites (tertiary alicyclic amines) is 1. The quantitative estimate of drug-likeness (QED) is 0.615. The van der Waals surface area contributed by atoms with Gasteiger partial charge in [-0.05, 0) is 37.0 Å². The maximum absolute atomic E-state index is 12.1. The Kier molecular flexibility index (Phi) is 4.49. The lowest BCUT2D eigenvalue weighted by molar-refractivity contribution is -0.144. The number of nitrogens with one attached hydrogen (secondary N) is 1. The summed E-state index contributed by atoms with van der Waals surface area (Å²) < 4.78 is 0. The Morgan fingerprint density at radius 2 is 2.20 bits per heavy atom. The molecule has 1 atom stereocenters. The summed E-state index contributed by atoms with van der Waals surface area (Å²) in [4.78, 5) is 25.6. The van der Waals surface area contributed by atoms with Crippen molar-refractivity contribution in [3.63, 3.8) is 0 Å². The van der Waals surface area contributed by atoms with Crippen LogP contribution in [0.15, 0.2) is 18.2 Å². The van der Waals surface area contributed by atoms with Crippen molar-refractivity contribution >= 4 is 34.8 Å². The molecule has 0 radical (unpaired) electrons. The van der Waals surface area contributed by atoms with Gasteiger partial charge in [0.2, 0.25) is 0 Å². The smallest absolute Gasteiger partial charge is 0.313 e. The summed E-state index contributed by atoms with van der Waals surface area (Å²) in [5.41, 5.74) is 6.49. The number of carbonyl (C=O) groups is 2. The van der Waals surface area contributed by atoms with Crippen molar-refractivity contribution in [2.24, 2.45) is 5.92 Å². The number of nitrogen functional groups attached to an aromatic ring is 1. The van der Waals surface area contributed by atoms with Crippen molar-refractivity contribution < 1.29 is 9.59 Å². The standard InChI is InChI=1S/C14H18ClN3O2/c1-9-3-2-6-18(8-9)14(20)13(19)17-10-4-5-12(16)11(15)7-10/h4-5,7,9H,2-3,6,8,16H2,1H3,(H,17,19). The number of amides is 2. The number of rotatable bonds is 1. The Morgan fingerprint density at radius 1 is 1.45 bits per heavy atom. The number of carbonyl (C=O) groups excluding carboxylic acids is 2. The summed E-state index contributed by atoms with van der Waals surface area (Å²) in [5, 5.41) is 2.90. The summed E-state index contributed by atoms with van der Waals surface area (Å²) >= 11 is 5.87. The minimum atomic E-state index is -0.639. The predicted molar refractivity (Wildman–Crippen MR) is 79.5 cm³/mol. The molecule has 2 rings (SSSR count). The van der Waals surface area contributed by atoms with Gasteiger partial charge in [0.15, 0.2) is 0 Å². The van der Waals surface area contributed by atoms with Gasteiger partial charge in [0.25, 0.3) is 0 Å². The molecule has 1 aliphatic heterocycles. The van der Waals surface area contributed by atoms with Gasteiger partial charge < -0.3 is 16.0 Å². The van der Waals surface area contributed by atoms with Crippen LogP contribution in [0.2, 0.25) is 5.02 Å². The first kappa shape index (κ1) is 14.7. The predicted octanol–water partition coefficient (Wildman–Crippen LogP) is 2.12. The highest BCUT2D eigenvalue weighted by molar-refractivity contribution is 6.40. The molecule has 1 aliphatic rings. The van der Waals surface area contributed by atoms with Crippen molar-refractivity contribution in [2.45, 2.75) is 19.8 Å². The fourth-order valence-corrected chi connectivity index (χ4v) is 2.49. The molecule has 20 heavy (non-hydrogen) atoms. The number of nitrogens with zero attached hydrogens (tertiary/aromatic N) is 1. The second-order valence-electron chi connectivity index (χ2n) is 5.19.